The number of unbranched alkanes of at least 4 members (excludes halogenated alkanes) is 1. The lowest BCUT2D eigenvalue weighted by Crippen LogP contribution is -2.47. The van der Waals surface area contributed by atoms with Crippen molar-refractivity contribution in [3.8, 4) is 0 Å². The van der Waals surface area contributed by atoms with Gasteiger partial charge in [-0.25, -0.2) is 8.42 Å². The first kappa shape index (κ1) is 12.6. The zero-order valence-electron chi connectivity index (χ0n) is 9.05. The van der Waals surface area contributed by atoms with E-state index in [0.29, 0.717) is 25.9 Å². The molecule has 1 aliphatic heterocycles. The van der Waals surface area contributed by atoms with Gasteiger partial charge in [-0.2, -0.15) is 4.31 Å². The van der Waals surface area contributed by atoms with Crippen LogP contribution in [0.25, 0.3) is 0 Å². The van der Waals surface area contributed by atoms with E-state index in [1.165, 1.54) is 4.31 Å². The average Bonchev–Trinajstić information content (AvgIpc) is 2.18. The molecule has 1 heterocycles. The van der Waals surface area contributed by atoms with Crippen molar-refractivity contribution in [1.82, 2.24) is 9.21 Å². The molecule has 0 spiro atoms. The number of hydrogen-bond donors (Lipinski definition) is 0. The highest BCUT2D eigenvalue weighted by atomic mass is 32.2. The minimum Gasteiger partial charge on any atom is -0.304 e. The van der Waals surface area contributed by atoms with Gasteiger partial charge in [-0.15, -0.1) is 0 Å². The Morgan fingerprint density at radius 1 is 1.20 bits per heavy atom. The van der Waals surface area contributed by atoms with E-state index in [1.54, 1.807) is 0 Å². The second-order valence-electron chi connectivity index (χ2n) is 3.83. The van der Waals surface area contributed by atoms with Crippen molar-refractivity contribution in [3.63, 3.8) is 0 Å². The first-order valence-electron chi connectivity index (χ1n) is 5.16. The molecule has 88 valence electrons. The summed E-state index contributed by atoms with van der Waals surface area (Å²) in [7, 11) is -1.15. The molecule has 1 fully saturated rings. The average molecular weight is 234 g/mol. The van der Waals surface area contributed by atoms with Crippen molar-refractivity contribution in [2.75, 3.05) is 39.0 Å². The Morgan fingerprint density at radius 3 is 2.33 bits per heavy atom. The molecule has 0 saturated carbocycles. The molecule has 5 nitrogen and oxygen atoms in total. The van der Waals surface area contributed by atoms with Gasteiger partial charge in [0.25, 0.3) is 0 Å². The first-order valence-corrected chi connectivity index (χ1v) is 6.77. The minimum atomic E-state index is -3.13. The van der Waals surface area contributed by atoms with Gasteiger partial charge in [-0.3, -0.25) is 0 Å². The third kappa shape index (κ3) is 3.89. The van der Waals surface area contributed by atoms with Gasteiger partial charge in [-0.1, -0.05) is 0 Å². The number of sulfonamides is 1. The predicted molar refractivity (Wildman–Crippen MR) is 58.2 cm³/mol. The van der Waals surface area contributed by atoms with Gasteiger partial charge in [0.15, 0.2) is 0 Å². The van der Waals surface area contributed by atoms with Gasteiger partial charge in [0.05, 0.1) is 5.75 Å². The molecule has 0 atom stereocenters. The lowest BCUT2D eigenvalue weighted by atomic mass is 10.4. The zero-order chi connectivity index (χ0) is 11.3. The van der Waals surface area contributed by atoms with E-state index in [2.05, 4.69) is 4.90 Å². The summed E-state index contributed by atoms with van der Waals surface area (Å²) in [5.74, 6) is 0.0927. The molecule has 0 aromatic heterocycles. The second kappa shape index (κ2) is 5.58. The van der Waals surface area contributed by atoms with Gasteiger partial charge < -0.3 is 9.69 Å². The number of nitrogens with zero attached hydrogens (tertiary/aromatic N) is 2. The summed E-state index contributed by atoms with van der Waals surface area (Å²) < 4.78 is 25.0. The molecule has 6 heteroatoms. The molecular formula is C9H18N2O3S. The van der Waals surface area contributed by atoms with Gasteiger partial charge in [-0.05, 0) is 13.5 Å². The van der Waals surface area contributed by atoms with Crippen LogP contribution in [0.1, 0.15) is 12.8 Å². The molecule has 1 aliphatic rings. The first-order chi connectivity index (χ1) is 7.06. The molecule has 0 N–H and O–H groups in total. The molecule has 1 saturated heterocycles. The number of carbonyl (C=O) groups is 1. The van der Waals surface area contributed by atoms with E-state index >= 15 is 0 Å². The van der Waals surface area contributed by atoms with Crippen LogP contribution >= 0.6 is 0 Å². The normalized spacial score (nSPS) is 20.3. The van der Waals surface area contributed by atoms with Crippen LogP contribution in [0.4, 0.5) is 0 Å². The number of likely N-dealkylation sites (N-methyl/N-ethyl adjacent to an activating group) is 1. The van der Waals surface area contributed by atoms with Crippen LogP contribution in [0.3, 0.4) is 0 Å². The summed E-state index contributed by atoms with van der Waals surface area (Å²) in [6.07, 6.45) is 1.52. The summed E-state index contributed by atoms with van der Waals surface area (Å²) in [6, 6.07) is 0. The van der Waals surface area contributed by atoms with Crippen molar-refractivity contribution in [2.45, 2.75) is 12.8 Å². The standard InChI is InChI=1S/C9H18N2O3S/c1-10-4-6-11(7-5-10)15(13,14)9-3-2-8-12/h8H,2-7,9H2,1H3. The summed E-state index contributed by atoms with van der Waals surface area (Å²) in [4.78, 5) is 12.2. The van der Waals surface area contributed by atoms with E-state index in [9.17, 15) is 13.2 Å². The predicted octanol–water partition coefficient (Wildman–Crippen LogP) is -0.457. The fourth-order valence-electron chi connectivity index (χ4n) is 1.54. The van der Waals surface area contributed by atoms with Crippen molar-refractivity contribution in [3.05, 3.63) is 0 Å². The van der Waals surface area contributed by atoms with Crippen molar-refractivity contribution in [2.24, 2.45) is 0 Å². The van der Waals surface area contributed by atoms with Crippen LogP contribution < -0.4 is 0 Å². The van der Waals surface area contributed by atoms with E-state index in [1.807, 2.05) is 7.05 Å². The maximum atomic E-state index is 11.8. The number of piperazine rings is 1. The molecular weight excluding hydrogens is 216 g/mol. The Hall–Kier alpha value is -0.460. The summed E-state index contributed by atoms with van der Waals surface area (Å²) in [5.41, 5.74) is 0. The highest BCUT2D eigenvalue weighted by Gasteiger charge is 2.24. The van der Waals surface area contributed by atoms with Crippen LogP contribution in [0.15, 0.2) is 0 Å². The molecule has 0 unspecified atom stereocenters. The number of carbonyl (C=O) groups excluding carboxylic acids is 1. The molecule has 0 aromatic carbocycles. The third-order valence-corrected chi connectivity index (χ3v) is 4.54. The Kier molecular flexibility index (Phi) is 4.69. The van der Waals surface area contributed by atoms with Gasteiger partial charge in [0.1, 0.15) is 6.29 Å². The summed E-state index contributed by atoms with van der Waals surface area (Å²) in [5, 5.41) is 0. The third-order valence-electron chi connectivity index (χ3n) is 2.58. The lowest BCUT2D eigenvalue weighted by Gasteiger charge is -2.31. The second-order valence-corrected chi connectivity index (χ2v) is 5.92. The highest BCUT2D eigenvalue weighted by molar-refractivity contribution is 7.89. The molecule has 0 amide bonds. The van der Waals surface area contributed by atoms with Crippen LogP contribution in [0, 0.1) is 0 Å². The zero-order valence-corrected chi connectivity index (χ0v) is 9.87. The fourth-order valence-corrected chi connectivity index (χ4v) is 3.05. The van der Waals surface area contributed by atoms with Crippen LogP contribution in [-0.2, 0) is 14.8 Å². The maximum Gasteiger partial charge on any atom is 0.214 e. The van der Waals surface area contributed by atoms with Gasteiger partial charge in [0.2, 0.25) is 10.0 Å². The monoisotopic (exact) mass is 234 g/mol. The molecule has 0 aliphatic carbocycles. The van der Waals surface area contributed by atoms with E-state index in [0.717, 1.165) is 19.4 Å². The maximum absolute atomic E-state index is 11.8. The fraction of sp³-hybridized carbons (Fsp3) is 0.889. The lowest BCUT2D eigenvalue weighted by molar-refractivity contribution is -0.107. The van der Waals surface area contributed by atoms with Crippen LogP contribution in [0.2, 0.25) is 0 Å². The van der Waals surface area contributed by atoms with Gasteiger partial charge >= 0.3 is 0 Å². The van der Waals surface area contributed by atoms with Crippen molar-refractivity contribution < 1.29 is 13.2 Å². The van der Waals surface area contributed by atoms with E-state index in [-0.39, 0.29) is 5.75 Å². The van der Waals surface area contributed by atoms with Crippen LogP contribution in [-0.4, -0.2) is 62.9 Å². The molecule has 1 rings (SSSR count). The quantitative estimate of drug-likeness (QED) is 0.477. The summed E-state index contributed by atoms with van der Waals surface area (Å²) in [6.45, 7) is 2.71. The van der Waals surface area contributed by atoms with E-state index < -0.39 is 10.0 Å². The Balaban J connectivity index is 2.43. The Bertz CT molecular complexity index is 294. The summed E-state index contributed by atoms with van der Waals surface area (Å²) >= 11 is 0. The van der Waals surface area contributed by atoms with E-state index in [4.69, 9.17) is 0 Å². The molecule has 0 radical (unpaired) electrons. The highest BCUT2D eigenvalue weighted by Crippen LogP contribution is 2.08. The van der Waals surface area contributed by atoms with Crippen molar-refractivity contribution >= 4 is 16.3 Å². The number of aldehydes is 1. The number of hydrogen-bond acceptors (Lipinski definition) is 4. The van der Waals surface area contributed by atoms with Crippen LogP contribution in [0.5, 0.6) is 0 Å². The molecule has 0 aromatic rings. The van der Waals surface area contributed by atoms with Crippen molar-refractivity contribution in [1.29, 1.82) is 0 Å². The Labute approximate surface area is 91.1 Å². The molecule has 15 heavy (non-hydrogen) atoms. The smallest absolute Gasteiger partial charge is 0.214 e. The topological polar surface area (TPSA) is 57.7 Å². The minimum absolute atomic E-state index is 0.0927. The Morgan fingerprint density at radius 2 is 1.80 bits per heavy atom. The number of rotatable bonds is 5. The molecule has 0 bridgehead atoms. The SMILES string of the molecule is CN1CCN(S(=O)(=O)CCCC=O)CC1. The van der Waals surface area contributed by atoms with Gasteiger partial charge in [0, 0.05) is 32.6 Å². The largest absolute Gasteiger partial charge is 0.304 e.